The monoisotopic (exact) mass is 598 g/mol. The largest absolute Gasteiger partial charge is 0.394 e. The summed E-state index contributed by atoms with van der Waals surface area (Å²) in [5, 5.41) is 82.5. The molecule has 2 unspecified atom stereocenters. The lowest BCUT2D eigenvalue weighted by Gasteiger charge is -2.52. The minimum Gasteiger partial charge on any atom is -0.394 e. The molecule has 0 spiro atoms. The molecule has 2 amide bonds. The molecule has 19 nitrogen and oxygen atoms in total. The molecule has 0 aromatic rings. The Morgan fingerprint density at radius 1 is 0.756 bits per heavy atom. The zero-order chi connectivity index (χ0) is 30.4. The summed E-state index contributed by atoms with van der Waals surface area (Å²) in [6.07, 6.45) is -18.3. The van der Waals surface area contributed by atoms with Crippen LogP contribution in [-0.2, 0) is 33.3 Å². The van der Waals surface area contributed by atoms with Crippen LogP contribution in [0.4, 0.5) is 0 Å². The van der Waals surface area contributed by atoms with Crippen LogP contribution in [0.15, 0.2) is 0 Å². The zero-order valence-corrected chi connectivity index (χ0v) is 21.7. The SMILES string of the molecule is N[C@H]1[C@@H](OC2[C@@H](CO)O[C@@H](OC3[C@@H](CO)O[C@@H](O)[C@H](N)[C@H]3O)[C@H](N)[C@H]2O)O[C@@](CO)(N2C(=O)CCC2=O)[C@@H](O)[C@@H]1O. The van der Waals surface area contributed by atoms with Crippen LogP contribution in [0.25, 0.3) is 0 Å². The number of aliphatic hydroxyl groups is 8. The molecule has 0 aliphatic carbocycles. The van der Waals surface area contributed by atoms with Gasteiger partial charge in [0.2, 0.25) is 17.5 Å². The van der Waals surface area contributed by atoms with Crippen molar-refractivity contribution in [2.75, 3.05) is 19.8 Å². The third kappa shape index (κ3) is 5.62. The van der Waals surface area contributed by atoms with Crippen molar-refractivity contribution in [3.63, 3.8) is 0 Å². The third-order valence-electron chi connectivity index (χ3n) is 7.87. The van der Waals surface area contributed by atoms with Gasteiger partial charge in [-0.15, -0.1) is 0 Å². The Hall–Kier alpha value is -1.50. The summed E-state index contributed by atoms with van der Waals surface area (Å²) in [5.41, 5.74) is 15.3. The fourth-order valence-corrected chi connectivity index (χ4v) is 5.45. The summed E-state index contributed by atoms with van der Waals surface area (Å²) >= 11 is 0. The Kier molecular flexibility index (Phi) is 9.98. The van der Waals surface area contributed by atoms with Gasteiger partial charge >= 0.3 is 0 Å². The molecule has 15 atom stereocenters. The third-order valence-corrected chi connectivity index (χ3v) is 7.87. The van der Waals surface area contributed by atoms with Crippen LogP contribution in [-0.4, -0.2) is 169 Å². The predicted octanol–water partition coefficient (Wildman–Crippen LogP) is -8.20. The Bertz CT molecular complexity index is 931. The quantitative estimate of drug-likeness (QED) is 0.115. The summed E-state index contributed by atoms with van der Waals surface area (Å²) in [6, 6.07) is -4.34. The first-order valence-electron chi connectivity index (χ1n) is 13.0. The number of carbonyl (C=O) groups excluding carboxylic acids is 2. The molecule has 0 aromatic heterocycles. The number of ether oxygens (including phenoxy) is 5. The van der Waals surface area contributed by atoms with E-state index in [0.29, 0.717) is 4.90 Å². The van der Waals surface area contributed by atoms with Crippen LogP contribution >= 0.6 is 0 Å². The number of hydrogen-bond donors (Lipinski definition) is 11. The van der Waals surface area contributed by atoms with Crippen molar-refractivity contribution >= 4 is 11.8 Å². The van der Waals surface area contributed by atoms with Gasteiger partial charge in [-0.1, -0.05) is 0 Å². The number of hydrogen-bond acceptors (Lipinski definition) is 18. The molecular weight excluding hydrogens is 560 g/mol. The minimum atomic E-state index is -2.48. The Morgan fingerprint density at radius 2 is 1.24 bits per heavy atom. The molecule has 4 fully saturated rings. The highest BCUT2D eigenvalue weighted by molar-refractivity contribution is 6.02. The molecule has 4 aliphatic rings. The molecule has 236 valence electrons. The van der Waals surface area contributed by atoms with E-state index in [1.54, 1.807) is 0 Å². The second-order valence-corrected chi connectivity index (χ2v) is 10.4. The normalized spacial score (nSPS) is 49.5. The maximum atomic E-state index is 12.4. The van der Waals surface area contributed by atoms with Gasteiger partial charge in [0.1, 0.15) is 48.8 Å². The molecule has 0 radical (unpaired) electrons. The van der Waals surface area contributed by atoms with E-state index in [4.69, 9.17) is 40.9 Å². The Balaban J connectivity index is 1.54. The molecule has 14 N–H and O–H groups in total. The van der Waals surface area contributed by atoms with E-state index in [-0.39, 0.29) is 12.8 Å². The van der Waals surface area contributed by atoms with Gasteiger partial charge in [-0.3, -0.25) is 9.59 Å². The van der Waals surface area contributed by atoms with Gasteiger partial charge in [0.25, 0.3) is 0 Å². The molecule has 4 saturated heterocycles. The molecule has 4 aliphatic heterocycles. The first-order valence-corrected chi connectivity index (χ1v) is 13.0. The molecule has 4 rings (SSSR count). The van der Waals surface area contributed by atoms with Crippen molar-refractivity contribution in [3.05, 3.63) is 0 Å². The van der Waals surface area contributed by atoms with Crippen molar-refractivity contribution in [2.24, 2.45) is 17.2 Å². The van der Waals surface area contributed by atoms with Gasteiger partial charge in [0.05, 0.1) is 37.9 Å². The number of carbonyl (C=O) groups is 2. The summed E-state index contributed by atoms with van der Waals surface area (Å²) in [5.74, 6) is -1.58. The zero-order valence-electron chi connectivity index (χ0n) is 21.7. The predicted molar refractivity (Wildman–Crippen MR) is 127 cm³/mol. The molecule has 4 heterocycles. The van der Waals surface area contributed by atoms with Gasteiger partial charge < -0.3 is 81.7 Å². The van der Waals surface area contributed by atoms with E-state index in [9.17, 15) is 50.4 Å². The highest BCUT2D eigenvalue weighted by atomic mass is 16.7. The van der Waals surface area contributed by atoms with Crippen LogP contribution in [0.3, 0.4) is 0 Å². The number of aliphatic hydroxyl groups excluding tert-OH is 8. The number of likely N-dealkylation sites (tertiary alicyclic amines) is 1. The van der Waals surface area contributed by atoms with Crippen LogP contribution in [0, 0.1) is 0 Å². The maximum absolute atomic E-state index is 12.4. The van der Waals surface area contributed by atoms with E-state index in [1.165, 1.54) is 0 Å². The van der Waals surface area contributed by atoms with Gasteiger partial charge in [0, 0.05) is 12.8 Å². The first-order chi connectivity index (χ1) is 19.3. The van der Waals surface area contributed by atoms with Crippen LogP contribution < -0.4 is 17.2 Å². The molecule has 41 heavy (non-hydrogen) atoms. The summed E-state index contributed by atoms with van der Waals surface area (Å²) in [6.45, 7) is -2.67. The topological polar surface area (TPSA) is 323 Å². The van der Waals surface area contributed by atoms with E-state index in [2.05, 4.69) is 0 Å². The van der Waals surface area contributed by atoms with E-state index < -0.39 is 123 Å². The summed E-state index contributed by atoms with van der Waals surface area (Å²) in [7, 11) is 0. The second kappa shape index (κ2) is 12.6. The number of rotatable bonds is 8. The molecule has 19 heteroatoms. The smallest absolute Gasteiger partial charge is 0.232 e. The number of nitrogens with zero attached hydrogens (tertiary/aromatic N) is 1. The molecular formula is C22H38N4O15. The summed E-state index contributed by atoms with van der Waals surface area (Å²) < 4.78 is 27.9. The van der Waals surface area contributed by atoms with Gasteiger partial charge in [-0.05, 0) is 0 Å². The fourth-order valence-electron chi connectivity index (χ4n) is 5.45. The van der Waals surface area contributed by atoms with Gasteiger partial charge in [-0.25, -0.2) is 4.90 Å². The van der Waals surface area contributed by atoms with Crippen molar-refractivity contribution < 1.29 is 74.1 Å². The van der Waals surface area contributed by atoms with Crippen molar-refractivity contribution in [2.45, 2.75) is 104 Å². The molecule has 0 bridgehead atoms. The minimum absolute atomic E-state index is 0.232. The maximum Gasteiger partial charge on any atom is 0.232 e. The second-order valence-electron chi connectivity index (χ2n) is 10.4. The van der Waals surface area contributed by atoms with Gasteiger partial charge in [-0.2, -0.15) is 0 Å². The van der Waals surface area contributed by atoms with Crippen molar-refractivity contribution in [3.8, 4) is 0 Å². The van der Waals surface area contributed by atoms with E-state index in [0.717, 1.165) is 0 Å². The highest BCUT2D eigenvalue weighted by Crippen LogP contribution is 2.38. The Labute approximate surface area is 232 Å². The summed E-state index contributed by atoms with van der Waals surface area (Å²) in [4.78, 5) is 25.4. The average molecular weight is 599 g/mol. The van der Waals surface area contributed by atoms with Crippen LogP contribution in [0.5, 0.6) is 0 Å². The fraction of sp³-hybridized carbons (Fsp3) is 0.909. The molecule has 0 aromatic carbocycles. The van der Waals surface area contributed by atoms with E-state index in [1.807, 2.05) is 0 Å². The number of imide groups is 1. The first kappa shape index (κ1) is 32.4. The lowest BCUT2D eigenvalue weighted by Crippen LogP contribution is -2.75. The van der Waals surface area contributed by atoms with Crippen molar-refractivity contribution in [1.29, 1.82) is 0 Å². The highest BCUT2D eigenvalue weighted by Gasteiger charge is 2.61. The lowest BCUT2D eigenvalue weighted by atomic mass is 9.91. The standard InChI is InChI=1S/C22H38N4O15/c23-10-13(32)16(6(3-27)37-19(10)36)39-20-11(24)14(33)17(7(4-28)38-20)40-21-12(25)15(34)18(35)22(5-29,41-21)26-8(30)1-2-9(26)31/h6-7,10-21,27-29,32-36H,1-5,23-25H2/t6-,7-,10-,11-,12-,13-,14-,15-,16?,17?,18+,19-,20+,21+,22-/m1/s1. The Morgan fingerprint density at radius 3 is 1.78 bits per heavy atom. The van der Waals surface area contributed by atoms with E-state index >= 15 is 0 Å². The van der Waals surface area contributed by atoms with Crippen LogP contribution in [0.1, 0.15) is 12.8 Å². The lowest BCUT2D eigenvalue weighted by molar-refractivity contribution is -0.373. The van der Waals surface area contributed by atoms with Crippen LogP contribution in [0.2, 0.25) is 0 Å². The average Bonchev–Trinajstić information content (AvgIpc) is 3.30. The number of nitrogens with two attached hydrogens (primary N) is 3. The number of amides is 2. The van der Waals surface area contributed by atoms with Gasteiger partial charge in [0.15, 0.2) is 18.9 Å². The molecule has 0 saturated carbocycles. The van der Waals surface area contributed by atoms with Crippen molar-refractivity contribution in [1.82, 2.24) is 4.90 Å².